The van der Waals surface area contributed by atoms with Gasteiger partial charge in [-0.3, -0.25) is 0 Å². The van der Waals surface area contributed by atoms with Gasteiger partial charge in [0.2, 0.25) is 0 Å². The van der Waals surface area contributed by atoms with Crippen LogP contribution in [0.2, 0.25) is 0 Å². The maximum Gasteiger partial charge on any atom is 0.345 e. The SMILES string of the molecule is COc1ccc(OCc2cc(C(=O)O)sc2C)c(Br)c1. The molecule has 0 aliphatic carbocycles. The monoisotopic (exact) mass is 356 g/mol. The number of thiophene rings is 1. The van der Waals surface area contributed by atoms with Crippen LogP contribution in [0.3, 0.4) is 0 Å². The third-order valence-corrected chi connectivity index (χ3v) is 4.45. The van der Waals surface area contributed by atoms with Crippen molar-refractivity contribution in [2.24, 2.45) is 0 Å². The molecule has 0 atom stereocenters. The Balaban J connectivity index is 2.10. The summed E-state index contributed by atoms with van der Waals surface area (Å²) < 4.78 is 11.6. The van der Waals surface area contributed by atoms with Crippen molar-refractivity contribution in [1.29, 1.82) is 0 Å². The normalized spacial score (nSPS) is 10.3. The lowest BCUT2D eigenvalue weighted by Crippen LogP contribution is -1.97. The summed E-state index contributed by atoms with van der Waals surface area (Å²) in [7, 11) is 1.60. The maximum absolute atomic E-state index is 10.9. The number of methoxy groups -OCH3 is 1. The van der Waals surface area contributed by atoms with E-state index in [1.54, 1.807) is 13.2 Å². The van der Waals surface area contributed by atoms with Crippen LogP contribution in [0.1, 0.15) is 20.1 Å². The molecule has 0 aliphatic heterocycles. The van der Waals surface area contributed by atoms with Crippen LogP contribution in [-0.4, -0.2) is 18.2 Å². The fourth-order valence-electron chi connectivity index (χ4n) is 1.65. The number of halogens is 1. The van der Waals surface area contributed by atoms with E-state index in [0.717, 1.165) is 20.7 Å². The molecule has 6 heteroatoms. The molecule has 1 aromatic carbocycles. The summed E-state index contributed by atoms with van der Waals surface area (Å²) in [5, 5.41) is 8.96. The number of carboxylic acids is 1. The average Bonchev–Trinajstić information content (AvgIpc) is 2.79. The van der Waals surface area contributed by atoms with E-state index in [1.807, 2.05) is 25.1 Å². The number of benzene rings is 1. The van der Waals surface area contributed by atoms with Crippen molar-refractivity contribution in [2.45, 2.75) is 13.5 Å². The zero-order valence-corrected chi connectivity index (χ0v) is 13.4. The third-order valence-electron chi connectivity index (χ3n) is 2.75. The Hall–Kier alpha value is -1.53. The number of carboxylic acid groups (broad SMARTS) is 1. The maximum atomic E-state index is 10.9. The third kappa shape index (κ3) is 3.32. The Labute approximate surface area is 129 Å². The Morgan fingerprint density at radius 3 is 2.70 bits per heavy atom. The van der Waals surface area contributed by atoms with Crippen LogP contribution in [0, 0.1) is 6.92 Å². The van der Waals surface area contributed by atoms with Gasteiger partial charge in [0.15, 0.2) is 0 Å². The number of carbonyl (C=O) groups is 1. The largest absolute Gasteiger partial charge is 0.497 e. The van der Waals surface area contributed by atoms with E-state index in [2.05, 4.69) is 15.9 Å². The van der Waals surface area contributed by atoms with Crippen LogP contribution in [-0.2, 0) is 6.61 Å². The molecule has 2 rings (SSSR count). The molecule has 4 nitrogen and oxygen atoms in total. The number of aryl methyl sites for hydroxylation is 1. The van der Waals surface area contributed by atoms with Crippen LogP contribution >= 0.6 is 27.3 Å². The average molecular weight is 357 g/mol. The van der Waals surface area contributed by atoms with E-state index in [1.165, 1.54) is 11.3 Å². The van der Waals surface area contributed by atoms with Crippen LogP contribution < -0.4 is 9.47 Å². The van der Waals surface area contributed by atoms with Crippen molar-refractivity contribution in [3.05, 3.63) is 44.1 Å². The second kappa shape index (κ2) is 6.28. The zero-order valence-electron chi connectivity index (χ0n) is 11.0. The van der Waals surface area contributed by atoms with Crippen molar-refractivity contribution in [2.75, 3.05) is 7.11 Å². The molecular weight excluding hydrogens is 344 g/mol. The van der Waals surface area contributed by atoms with Gasteiger partial charge in [-0.2, -0.15) is 0 Å². The van der Waals surface area contributed by atoms with Gasteiger partial charge in [0.25, 0.3) is 0 Å². The first kappa shape index (κ1) is 14.9. The summed E-state index contributed by atoms with van der Waals surface area (Å²) in [6, 6.07) is 7.09. The van der Waals surface area contributed by atoms with Gasteiger partial charge in [-0.1, -0.05) is 0 Å². The molecule has 106 valence electrons. The lowest BCUT2D eigenvalue weighted by molar-refractivity contribution is 0.0702. The smallest absolute Gasteiger partial charge is 0.345 e. The first-order chi connectivity index (χ1) is 9.51. The number of ether oxygens (including phenoxy) is 2. The number of rotatable bonds is 5. The quantitative estimate of drug-likeness (QED) is 0.875. The molecule has 0 saturated carbocycles. The zero-order chi connectivity index (χ0) is 14.7. The van der Waals surface area contributed by atoms with Crippen LogP contribution in [0.15, 0.2) is 28.7 Å². The molecular formula is C14H13BrO4S. The van der Waals surface area contributed by atoms with Gasteiger partial charge >= 0.3 is 5.97 Å². The van der Waals surface area contributed by atoms with Gasteiger partial charge in [0.05, 0.1) is 11.6 Å². The van der Waals surface area contributed by atoms with Gasteiger partial charge < -0.3 is 14.6 Å². The molecule has 0 aliphatic rings. The van der Waals surface area contributed by atoms with Crippen LogP contribution in [0.5, 0.6) is 11.5 Å². The van der Waals surface area contributed by atoms with Gasteiger partial charge in [-0.25, -0.2) is 4.79 Å². The van der Waals surface area contributed by atoms with Crippen LogP contribution in [0.25, 0.3) is 0 Å². The molecule has 0 unspecified atom stereocenters. The molecule has 0 radical (unpaired) electrons. The number of hydrogen-bond acceptors (Lipinski definition) is 4. The first-order valence-electron chi connectivity index (χ1n) is 5.80. The molecule has 0 fully saturated rings. The fourth-order valence-corrected chi connectivity index (χ4v) is 2.99. The Bertz CT molecular complexity index is 636. The fraction of sp³-hybridized carbons (Fsp3) is 0.214. The second-order valence-corrected chi connectivity index (χ2v) is 6.19. The molecule has 2 aromatic rings. The van der Waals surface area contributed by atoms with Gasteiger partial charge in [-0.05, 0) is 47.1 Å². The van der Waals surface area contributed by atoms with Gasteiger partial charge in [0.1, 0.15) is 23.0 Å². The highest BCUT2D eigenvalue weighted by Gasteiger charge is 2.12. The second-order valence-electron chi connectivity index (χ2n) is 4.08. The van der Waals surface area contributed by atoms with E-state index < -0.39 is 5.97 Å². The van der Waals surface area contributed by atoms with E-state index in [9.17, 15) is 4.79 Å². The minimum Gasteiger partial charge on any atom is -0.497 e. The molecule has 0 amide bonds. The first-order valence-corrected chi connectivity index (χ1v) is 7.41. The lowest BCUT2D eigenvalue weighted by Gasteiger charge is -2.09. The minimum absolute atomic E-state index is 0.329. The highest BCUT2D eigenvalue weighted by atomic mass is 79.9. The van der Waals surface area contributed by atoms with Crippen molar-refractivity contribution >= 4 is 33.2 Å². The standard InChI is InChI=1S/C14H13BrO4S/c1-8-9(5-13(20-8)14(16)17)7-19-12-4-3-10(18-2)6-11(12)15/h3-6H,7H2,1-2H3,(H,16,17). The summed E-state index contributed by atoms with van der Waals surface area (Å²) in [6.45, 7) is 2.22. The summed E-state index contributed by atoms with van der Waals surface area (Å²) in [6.07, 6.45) is 0. The van der Waals surface area contributed by atoms with Crippen molar-refractivity contribution in [3.8, 4) is 11.5 Å². The summed E-state index contributed by atoms with van der Waals surface area (Å²) in [5.41, 5.74) is 0.884. The highest BCUT2D eigenvalue weighted by molar-refractivity contribution is 9.10. The summed E-state index contributed by atoms with van der Waals surface area (Å²) in [4.78, 5) is 12.2. The Morgan fingerprint density at radius 2 is 2.15 bits per heavy atom. The lowest BCUT2D eigenvalue weighted by atomic mass is 10.2. The topological polar surface area (TPSA) is 55.8 Å². The van der Waals surface area contributed by atoms with Crippen molar-refractivity contribution < 1.29 is 19.4 Å². The predicted octanol–water partition coefficient (Wildman–Crippen LogP) is 4.10. The van der Waals surface area contributed by atoms with E-state index in [0.29, 0.717) is 17.2 Å². The van der Waals surface area contributed by atoms with E-state index >= 15 is 0 Å². The highest BCUT2D eigenvalue weighted by Crippen LogP contribution is 2.30. The van der Waals surface area contributed by atoms with Gasteiger partial charge in [0, 0.05) is 10.4 Å². The molecule has 20 heavy (non-hydrogen) atoms. The minimum atomic E-state index is -0.907. The van der Waals surface area contributed by atoms with Crippen LogP contribution in [0.4, 0.5) is 0 Å². The molecule has 0 saturated heterocycles. The molecule has 0 spiro atoms. The van der Waals surface area contributed by atoms with Gasteiger partial charge in [-0.15, -0.1) is 11.3 Å². The number of aromatic carboxylic acids is 1. The molecule has 1 aromatic heterocycles. The van der Waals surface area contributed by atoms with Crippen molar-refractivity contribution in [1.82, 2.24) is 0 Å². The summed E-state index contributed by atoms with van der Waals surface area (Å²) >= 11 is 4.67. The van der Waals surface area contributed by atoms with Crippen molar-refractivity contribution in [3.63, 3.8) is 0 Å². The number of hydrogen-bond donors (Lipinski definition) is 1. The summed E-state index contributed by atoms with van der Waals surface area (Å²) in [5.74, 6) is 0.521. The van der Waals surface area contributed by atoms with E-state index in [4.69, 9.17) is 14.6 Å². The molecule has 0 bridgehead atoms. The molecule has 1 N–H and O–H groups in total. The van der Waals surface area contributed by atoms with E-state index in [-0.39, 0.29) is 0 Å². The molecule has 1 heterocycles. The predicted molar refractivity (Wildman–Crippen MR) is 81.0 cm³/mol. The Kier molecular flexibility index (Phi) is 4.67. The Morgan fingerprint density at radius 1 is 1.40 bits per heavy atom.